The van der Waals surface area contributed by atoms with Crippen molar-refractivity contribution in [2.75, 3.05) is 5.75 Å². The van der Waals surface area contributed by atoms with Gasteiger partial charge in [0, 0.05) is 5.02 Å². The summed E-state index contributed by atoms with van der Waals surface area (Å²) >= 11 is 21.9. The van der Waals surface area contributed by atoms with Gasteiger partial charge in [-0.15, -0.1) is 0 Å². The molecule has 0 spiro atoms. The Kier molecular flexibility index (Phi) is 5.59. The summed E-state index contributed by atoms with van der Waals surface area (Å²) < 4.78 is 21.5. The molecule has 1 aromatic carbocycles. The van der Waals surface area contributed by atoms with Crippen LogP contribution < -0.4 is 0 Å². The van der Waals surface area contributed by atoms with Crippen LogP contribution in [0.25, 0.3) is 0 Å². The van der Waals surface area contributed by atoms with Gasteiger partial charge in [-0.1, -0.05) is 58.5 Å². The average molecular weight is 352 g/mol. The van der Waals surface area contributed by atoms with Crippen LogP contribution in [0.1, 0.15) is 5.56 Å². The number of alkyl halides is 3. The van der Waals surface area contributed by atoms with Gasteiger partial charge in [0.2, 0.25) is 3.79 Å². The first kappa shape index (κ1) is 16.3. The minimum absolute atomic E-state index is 0.248. The lowest BCUT2D eigenvalue weighted by Gasteiger charge is -2.18. The van der Waals surface area contributed by atoms with Gasteiger partial charge in [-0.25, -0.2) is 8.42 Å². The molecule has 0 saturated carbocycles. The summed E-state index contributed by atoms with van der Waals surface area (Å²) in [6.07, 6.45) is -1.57. The van der Waals surface area contributed by atoms with Gasteiger partial charge in [-0.3, -0.25) is 0 Å². The van der Waals surface area contributed by atoms with Crippen LogP contribution in [0.2, 0.25) is 5.02 Å². The number of hydrogen-bond donors (Lipinski definition) is 1. The normalized spacial score (nSPS) is 14.5. The number of aliphatic hydroxyl groups is 1. The maximum absolute atomic E-state index is 11.8. The molecule has 0 aliphatic heterocycles. The number of rotatable bonds is 4. The highest BCUT2D eigenvalue weighted by atomic mass is 35.6. The van der Waals surface area contributed by atoms with Crippen molar-refractivity contribution in [3.63, 3.8) is 0 Å². The molecule has 0 aromatic heterocycles. The predicted octanol–water partition coefficient (Wildman–Crippen LogP) is 2.99. The maximum atomic E-state index is 11.8. The summed E-state index contributed by atoms with van der Waals surface area (Å²) in [4.78, 5) is 0. The van der Waals surface area contributed by atoms with Crippen molar-refractivity contribution in [2.45, 2.75) is 15.6 Å². The van der Waals surface area contributed by atoms with Crippen molar-refractivity contribution in [2.24, 2.45) is 0 Å². The fraction of sp³-hybridized carbons (Fsp3) is 0.400. The van der Waals surface area contributed by atoms with Gasteiger partial charge in [0.1, 0.15) is 6.10 Å². The van der Waals surface area contributed by atoms with Crippen LogP contribution in [-0.4, -0.2) is 29.2 Å². The van der Waals surface area contributed by atoms with E-state index in [1.54, 1.807) is 24.3 Å². The lowest BCUT2D eigenvalue weighted by atomic mass is 10.2. The van der Waals surface area contributed by atoms with E-state index in [9.17, 15) is 13.5 Å². The monoisotopic (exact) mass is 350 g/mol. The number of aliphatic hydroxyl groups excluding tert-OH is 1. The van der Waals surface area contributed by atoms with Crippen molar-refractivity contribution in [3.8, 4) is 0 Å². The second kappa shape index (κ2) is 6.16. The lowest BCUT2D eigenvalue weighted by Crippen LogP contribution is -2.33. The van der Waals surface area contributed by atoms with Crippen molar-refractivity contribution in [3.05, 3.63) is 34.9 Å². The molecule has 3 nitrogen and oxygen atoms in total. The molecule has 1 atom stereocenters. The Morgan fingerprint density at radius 3 is 2.11 bits per heavy atom. The SMILES string of the molecule is O=S(=O)(Cc1ccc(Cl)cc1)CC(O)C(Cl)(Cl)Cl. The first-order chi connectivity index (χ1) is 8.10. The molecule has 0 saturated heterocycles. The van der Waals surface area contributed by atoms with E-state index in [1.165, 1.54) is 0 Å². The van der Waals surface area contributed by atoms with Gasteiger partial charge in [0.25, 0.3) is 0 Å². The van der Waals surface area contributed by atoms with Crippen molar-refractivity contribution in [1.82, 2.24) is 0 Å². The Labute approximate surface area is 126 Å². The van der Waals surface area contributed by atoms with Gasteiger partial charge in [-0.2, -0.15) is 0 Å². The topological polar surface area (TPSA) is 54.4 Å². The quantitative estimate of drug-likeness (QED) is 0.848. The highest BCUT2D eigenvalue weighted by molar-refractivity contribution is 7.90. The maximum Gasteiger partial charge on any atom is 0.217 e. The molecule has 0 fully saturated rings. The largest absolute Gasteiger partial charge is 0.388 e. The van der Waals surface area contributed by atoms with Gasteiger partial charge in [-0.05, 0) is 17.7 Å². The summed E-state index contributed by atoms with van der Waals surface area (Å²) in [6, 6.07) is 6.33. The molecule has 1 aromatic rings. The van der Waals surface area contributed by atoms with Crippen LogP contribution >= 0.6 is 46.4 Å². The zero-order chi connectivity index (χ0) is 14.0. The molecule has 0 amide bonds. The molecule has 1 unspecified atom stereocenters. The third-order valence-corrected chi connectivity index (χ3v) is 4.69. The van der Waals surface area contributed by atoms with Crippen LogP contribution in [0.3, 0.4) is 0 Å². The van der Waals surface area contributed by atoms with Crippen LogP contribution in [0.4, 0.5) is 0 Å². The first-order valence-electron chi connectivity index (χ1n) is 4.80. The molecule has 18 heavy (non-hydrogen) atoms. The predicted molar refractivity (Wildman–Crippen MR) is 75.2 cm³/mol. The molecular weight excluding hydrogens is 342 g/mol. The minimum atomic E-state index is -3.58. The van der Waals surface area contributed by atoms with E-state index >= 15 is 0 Å². The molecular formula is C10H10Cl4O3S. The summed E-state index contributed by atoms with van der Waals surface area (Å²) in [7, 11) is -3.58. The van der Waals surface area contributed by atoms with E-state index in [-0.39, 0.29) is 5.75 Å². The van der Waals surface area contributed by atoms with E-state index in [0.717, 1.165) is 0 Å². The summed E-state index contributed by atoms with van der Waals surface area (Å²) in [5.74, 6) is -0.867. The van der Waals surface area contributed by atoms with Gasteiger partial charge < -0.3 is 5.11 Å². The molecule has 0 heterocycles. The molecule has 0 radical (unpaired) electrons. The van der Waals surface area contributed by atoms with Crippen molar-refractivity contribution in [1.29, 1.82) is 0 Å². The van der Waals surface area contributed by atoms with E-state index in [0.29, 0.717) is 10.6 Å². The van der Waals surface area contributed by atoms with Crippen molar-refractivity contribution < 1.29 is 13.5 Å². The second-order valence-corrected chi connectivity index (χ2v) is 8.65. The highest BCUT2D eigenvalue weighted by Crippen LogP contribution is 2.31. The van der Waals surface area contributed by atoms with Crippen LogP contribution in [-0.2, 0) is 15.6 Å². The molecule has 102 valence electrons. The van der Waals surface area contributed by atoms with E-state index in [4.69, 9.17) is 46.4 Å². The highest BCUT2D eigenvalue weighted by Gasteiger charge is 2.34. The number of benzene rings is 1. The number of hydrogen-bond acceptors (Lipinski definition) is 3. The third kappa shape index (κ3) is 5.51. The second-order valence-electron chi connectivity index (χ2n) is 3.74. The minimum Gasteiger partial charge on any atom is -0.388 e. The fourth-order valence-corrected chi connectivity index (χ4v) is 3.41. The zero-order valence-corrected chi connectivity index (χ0v) is 12.8. The molecule has 0 aliphatic carbocycles. The Hall–Kier alpha value is 0.290. The van der Waals surface area contributed by atoms with E-state index in [1.807, 2.05) is 0 Å². The van der Waals surface area contributed by atoms with E-state index < -0.39 is 25.5 Å². The first-order valence-corrected chi connectivity index (χ1v) is 8.13. The summed E-state index contributed by atoms with van der Waals surface area (Å²) in [5.41, 5.74) is 0.552. The molecule has 1 rings (SSSR count). The fourth-order valence-electron chi connectivity index (χ4n) is 1.23. The van der Waals surface area contributed by atoms with Gasteiger partial charge in [0.15, 0.2) is 9.84 Å². The zero-order valence-electron chi connectivity index (χ0n) is 8.98. The van der Waals surface area contributed by atoms with Crippen LogP contribution in [0.15, 0.2) is 24.3 Å². The van der Waals surface area contributed by atoms with Crippen molar-refractivity contribution >= 4 is 56.2 Å². The third-order valence-electron chi connectivity index (χ3n) is 2.09. The molecule has 1 N–H and O–H groups in total. The molecule has 8 heteroatoms. The molecule has 0 aliphatic rings. The van der Waals surface area contributed by atoms with E-state index in [2.05, 4.69) is 0 Å². The van der Waals surface area contributed by atoms with Gasteiger partial charge in [0.05, 0.1) is 11.5 Å². The Balaban J connectivity index is 2.74. The number of sulfone groups is 1. The van der Waals surface area contributed by atoms with Gasteiger partial charge >= 0.3 is 0 Å². The Morgan fingerprint density at radius 2 is 1.67 bits per heavy atom. The summed E-state index contributed by atoms with van der Waals surface area (Å²) in [6.45, 7) is 0. The summed E-state index contributed by atoms with van der Waals surface area (Å²) in [5, 5.41) is 9.96. The smallest absolute Gasteiger partial charge is 0.217 e. The standard InChI is InChI=1S/C10H10Cl4O3S/c11-8-3-1-7(2-4-8)5-18(16,17)6-9(15)10(12,13)14/h1-4,9,15H,5-6H2. The van der Waals surface area contributed by atoms with Crippen LogP contribution in [0, 0.1) is 0 Å². The molecule has 0 bridgehead atoms. The number of halogens is 4. The average Bonchev–Trinajstić information content (AvgIpc) is 2.19. The Bertz CT molecular complexity index is 493. The van der Waals surface area contributed by atoms with Crippen LogP contribution in [0.5, 0.6) is 0 Å². The Morgan fingerprint density at radius 1 is 1.17 bits per heavy atom. The lowest BCUT2D eigenvalue weighted by molar-refractivity contribution is 0.201.